The maximum atomic E-state index is 12.7. The van der Waals surface area contributed by atoms with Crippen LogP contribution in [0.3, 0.4) is 0 Å². The second-order valence-corrected chi connectivity index (χ2v) is 6.06. The summed E-state index contributed by atoms with van der Waals surface area (Å²) in [5.41, 5.74) is 1.85. The maximum Gasteiger partial charge on any atom is 0.251 e. The van der Waals surface area contributed by atoms with E-state index in [0.717, 1.165) is 29.2 Å². The molecule has 1 atom stereocenters. The molecule has 0 spiro atoms. The second-order valence-electron chi connectivity index (χ2n) is 6.06. The van der Waals surface area contributed by atoms with Crippen molar-refractivity contribution in [3.8, 4) is 11.5 Å². The molecule has 138 valence electrons. The van der Waals surface area contributed by atoms with Crippen molar-refractivity contribution in [1.29, 1.82) is 0 Å². The van der Waals surface area contributed by atoms with Crippen LogP contribution in [0.25, 0.3) is 0 Å². The number of hydrogen-bond donors (Lipinski definition) is 2. The van der Waals surface area contributed by atoms with Crippen molar-refractivity contribution in [1.82, 2.24) is 10.6 Å². The van der Waals surface area contributed by atoms with Crippen LogP contribution >= 0.6 is 0 Å². The minimum Gasteiger partial charge on any atom is -0.497 e. The van der Waals surface area contributed by atoms with Crippen LogP contribution in [0.5, 0.6) is 11.5 Å². The van der Waals surface area contributed by atoms with Gasteiger partial charge in [0.1, 0.15) is 17.6 Å². The summed E-state index contributed by atoms with van der Waals surface area (Å²) >= 11 is 0. The van der Waals surface area contributed by atoms with Gasteiger partial charge in [0.05, 0.1) is 26.9 Å². The number of hydrogen-bond acceptors (Lipinski definition) is 5. The van der Waals surface area contributed by atoms with E-state index >= 15 is 0 Å². The molecule has 1 amide bonds. The fourth-order valence-corrected chi connectivity index (χ4v) is 2.97. The van der Waals surface area contributed by atoms with Crippen LogP contribution in [-0.4, -0.2) is 45.9 Å². The highest BCUT2D eigenvalue weighted by atomic mass is 16.5. The van der Waals surface area contributed by atoms with E-state index in [1.165, 1.54) is 0 Å². The number of carbonyl (C=O) groups is 1. The summed E-state index contributed by atoms with van der Waals surface area (Å²) < 4.78 is 16.2. The van der Waals surface area contributed by atoms with E-state index in [1.807, 2.05) is 48.5 Å². The summed E-state index contributed by atoms with van der Waals surface area (Å²) in [4.78, 5) is 12.7. The van der Waals surface area contributed by atoms with E-state index < -0.39 is 6.10 Å². The Morgan fingerprint density at radius 1 is 1.12 bits per heavy atom. The molecule has 1 unspecified atom stereocenters. The molecular formula is C20H24N2O4. The molecule has 2 N–H and O–H groups in total. The molecule has 0 saturated carbocycles. The van der Waals surface area contributed by atoms with Gasteiger partial charge < -0.3 is 24.8 Å². The number of methoxy groups -OCH3 is 2. The highest BCUT2D eigenvalue weighted by Gasteiger charge is 2.26. The number of nitrogens with one attached hydrogen (secondary N) is 2. The maximum absolute atomic E-state index is 12.7. The molecular weight excluding hydrogens is 332 g/mol. The van der Waals surface area contributed by atoms with Crippen LogP contribution in [0.2, 0.25) is 0 Å². The van der Waals surface area contributed by atoms with Crippen molar-refractivity contribution in [3.63, 3.8) is 0 Å². The number of rotatable bonds is 6. The van der Waals surface area contributed by atoms with Gasteiger partial charge >= 0.3 is 0 Å². The zero-order chi connectivity index (χ0) is 18.4. The van der Waals surface area contributed by atoms with E-state index in [1.54, 1.807) is 14.2 Å². The first-order valence-electron chi connectivity index (χ1n) is 8.62. The van der Waals surface area contributed by atoms with E-state index in [4.69, 9.17) is 14.2 Å². The third-order valence-corrected chi connectivity index (χ3v) is 4.36. The monoisotopic (exact) mass is 356 g/mol. The highest BCUT2D eigenvalue weighted by Crippen LogP contribution is 2.27. The number of amides is 1. The van der Waals surface area contributed by atoms with Crippen LogP contribution in [-0.2, 0) is 9.53 Å². The molecule has 1 heterocycles. The standard InChI is InChI=1S/C20H24N2O4/c1-24-16-7-3-5-14(11-16)19(15-6-4-8-17(12-15)25-2)22-20(23)18-13-21-9-10-26-18/h3-8,11-12,18-19,21H,9-10,13H2,1-2H3,(H,22,23). The average Bonchev–Trinajstić information content (AvgIpc) is 2.72. The Balaban J connectivity index is 1.90. The Hall–Kier alpha value is -2.57. The molecule has 1 aliphatic rings. The van der Waals surface area contributed by atoms with Crippen molar-refractivity contribution in [2.24, 2.45) is 0 Å². The van der Waals surface area contributed by atoms with Crippen LogP contribution < -0.4 is 20.1 Å². The molecule has 6 nitrogen and oxygen atoms in total. The molecule has 0 bridgehead atoms. The molecule has 1 saturated heterocycles. The number of ether oxygens (including phenoxy) is 3. The number of morpholine rings is 1. The Morgan fingerprint density at radius 2 is 1.73 bits per heavy atom. The van der Waals surface area contributed by atoms with Gasteiger partial charge in [-0.15, -0.1) is 0 Å². The van der Waals surface area contributed by atoms with Gasteiger partial charge in [0.25, 0.3) is 5.91 Å². The van der Waals surface area contributed by atoms with Crippen LogP contribution in [0.1, 0.15) is 17.2 Å². The van der Waals surface area contributed by atoms with Gasteiger partial charge in [-0.25, -0.2) is 0 Å². The first kappa shape index (κ1) is 18.2. The zero-order valence-corrected chi connectivity index (χ0v) is 15.0. The number of benzene rings is 2. The Kier molecular flexibility index (Phi) is 6.09. The lowest BCUT2D eigenvalue weighted by Gasteiger charge is -2.26. The van der Waals surface area contributed by atoms with Crippen molar-refractivity contribution in [2.45, 2.75) is 12.1 Å². The first-order valence-corrected chi connectivity index (χ1v) is 8.62. The van der Waals surface area contributed by atoms with Crippen molar-refractivity contribution in [3.05, 3.63) is 59.7 Å². The Labute approximate surface area is 153 Å². The molecule has 0 radical (unpaired) electrons. The molecule has 6 heteroatoms. The van der Waals surface area contributed by atoms with Crippen LogP contribution in [0, 0.1) is 0 Å². The summed E-state index contributed by atoms with van der Waals surface area (Å²) in [5.74, 6) is 1.33. The van der Waals surface area contributed by atoms with Crippen molar-refractivity contribution in [2.75, 3.05) is 33.9 Å². The average molecular weight is 356 g/mol. The summed E-state index contributed by atoms with van der Waals surface area (Å²) in [5, 5.41) is 6.29. The lowest BCUT2D eigenvalue weighted by Crippen LogP contribution is -2.48. The topological polar surface area (TPSA) is 68.8 Å². The van der Waals surface area contributed by atoms with Gasteiger partial charge in [-0.3, -0.25) is 4.79 Å². The molecule has 2 aromatic rings. The normalized spacial score (nSPS) is 17.0. The fourth-order valence-electron chi connectivity index (χ4n) is 2.97. The van der Waals surface area contributed by atoms with E-state index in [9.17, 15) is 4.79 Å². The Morgan fingerprint density at radius 3 is 2.23 bits per heavy atom. The van der Waals surface area contributed by atoms with Gasteiger partial charge in [0, 0.05) is 13.1 Å². The Bertz CT molecular complexity index is 697. The first-order chi connectivity index (χ1) is 12.7. The van der Waals surface area contributed by atoms with Gasteiger partial charge in [0.2, 0.25) is 0 Å². The van der Waals surface area contributed by atoms with E-state index in [2.05, 4.69) is 10.6 Å². The van der Waals surface area contributed by atoms with Gasteiger partial charge in [-0.2, -0.15) is 0 Å². The lowest BCUT2D eigenvalue weighted by molar-refractivity contribution is -0.134. The minimum absolute atomic E-state index is 0.146. The summed E-state index contributed by atoms with van der Waals surface area (Å²) in [6.07, 6.45) is -0.498. The van der Waals surface area contributed by atoms with Gasteiger partial charge in [-0.1, -0.05) is 24.3 Å². The smallest absolute Gasteiger partial charge is 0.251 e. The third-order valence-electron chi connectivity index (χ3n) is 4.36. The molecule has 0 aromatic heterocycles. The van der Waals surface area contributed by atoms with E-state index in [-0.39, 0.29) is 11.9 Å². The molecule has 3 rings (SSSR count). The van der Waals surface area contributed by atoms with Gasteiger partial charge in [-0.05, 0) is 35.4 Å². The molecule has 0 aliphatic carbocycles. The minimum atomic E-state index is -0.498. The molecule has 1 fully saturated rings. The van der Waals surface area contributed by atoms with Crippen LogP contribution in [0.15, 0.2) is 48.5 Å². The second kappa shape index (κ2) is 8.69. The molecule has 26 heavy (non-hydrogen) atoms. The highest BCUT2D eigenvalue weighted by molar-refractivity contribution is 5.82. The third kappa shape index (κ3) is 4.33. The summed E-state index contributed by atoms with van der Waals surface area (Å²) in [6.45, 7) is 1.80. The largest absolute Gasteiger partial charge is 0.497 e. The summed E-state index contributed by atoms with van der Waals surface area (Å²) in [6, 6.07) is 15.0. The number of carbonyl (C=O) groups excluding carboxylic acids is 1. The zero-order valence-electron chi connectivity index (χ0n) is 15.0. The summed E-state index contributed by atoms with van der Waals surface area (Å²) in [7, 11) is 3.25. The molecule has 2 aromatic carbocycles. The van der Waals surface area contributed by atoms with Gasteiger partial charge in [0.15, 0.2) is 0 Å². The van der Waals surface area contributed by atoms with Crippen LogP contribution in [0.4, 0.5) is 0 Å². The fraction of sp³-hybridized carbons (Fsp3) is 0.350. The predicted octanol–water partition coefficient (Wildman–Crippen LogP) is 1.90. The van der Waals surface area contributed by atoms with E-state index in [0.29, 0.717) is 13.2 Å². The lowest BCUT2D eigenvalue weighted by atomic mass is 9.97. The SMILES string of the molecule is COc1cccc(C(NC(=O)C2CNCCO2)c2cccc(OC)c2)c1. The molecule has 1 aliphatic heterocycles. The van der Waals surface area contributed by atoms with Crippen molar-refractivity contribution < 1.29 is 19.0 Å². The quantitative estimate of drug-likeness (QED) is 0.827. The predicted molar refractivity (Wildman–Crippen MR) is 98.6 cm³/mol. The van der Waals surface area contributed by atoms with Crippen molar-refractivity contribution >= 4 is 5.91 Å².